The average Bonchev–Trinajstić information content (AvgIpc) is 3.55. The molecule has 332 valence electrons. The maximum atomic E-state index is 14.4. The summed E-state index contributed by atoms with van der Waals surface area (Å²) in [5.41, 5.74) is -5.96. The van der Waals surface area contributed by atoms with Crippen LogP contribution in [0.15, 0.2) is 41.5 Å². The van der Waals surface area contributed by atoms with Gasteiger partial charge in [-0.15, -0.1) is 0 Å². The summed E-state index contributed by atoms with van der Waals surface area (Å²) in [6.45, 7) is 15.1. The Balaban J connectivity index is 1.37. The van der Waals surface area contributed by atoms with Gasteiger partial charge in [-0.2, -0.15) is 0 Å². The van der Waals surface area contributed by atoms with Crippen LogP contribution in [-0.4, -0.2) is 138 Å². The van der Waals surface area contributed by atoms with Gasteiger partial charge in [0, 0.05) is 30.7 Å². The summed E-state index contributed by atoms with van der Waals surface area (Å²) in [5.74, 6) is -3.91. The molecule has 0 unspecified atom stereocenters. The molecule has 1 aromatic carbocycles. The molecule has 60 heavy (non-hydrogen) atoms. The molecule has 6 aliphatic rings. The van der Waals surface area contributed by atoms with Crippen LogP contribution in [0.3, 0.4) is 0 Å². The van der Waals surface area contributed by atoms with Gasteiger partial charge in [0.05, 0.1) is 24.2 Å². The molecule has 5 fully saturated rings. The minimum Gasteiger partial charge on any atom is -0.456 e. The first-order valence-electron chi connectivity index (χ1n) is 20.7. The number of fused-ring (bicyclic) bond motifs is 8. The van der Waals surface area contributed by atoms with Gasteiger partial charge in [-0.25, -0.2) is 23.2 Å². The fourth-order valence-electron chi connectivity index (χ4n) is 10.6. The third kappa shape index (κ3) is 7.61. The number of halogens is 2. The number of aliphatic hydroxyl groups is 2. The Bertz CT molecular complexity index is 1870. The highest BCUT2D eigenvalue weighted by Gasteiger charge is 2.77. The summed E-state index contributed by atoms with van der Waals surface area (Å²) in [7, 11) is 0. The van der Waals surface area contributed by atoms with Gasteiger partial charge in [0.2, 0.25) is 0 Å². The van der Waals surface area contributed by atoms with Crippen molar-refractivity contribution in [3.8, 4) is 0 Å². The number of carbonyl (C=O) groups excluding carboxylic acids is 4. The second-order valence-corrected chi connectivity index (χ2v) is 19.0. The number of benzene rings is 1. The lowest BCUT2D eigenvalue weighted by Crippen LogP contribution is -2.79. The standard InChI is InChI=1S/C43H58F2N2O13/c1-22-25(55-37(51)30(49)29(35(44)45)46-38(52)60-39(3,4)5)19-43(53)34(58-36(50)24-13-10-9-11-14-24)32-41(8,16-15-26-42(32,21-54-26)59-23(2)48)33-31(28(22)40(43,6)7)56-27(57-33)20-47-17-12-18-47/h9-11,13-14,25-27,29-35,49,53H,12,15-21H2,1-8H3,(H,46,52)/t25-,26+,27+,29+,30+,31+,32-,33+,34-,41+,42-,43+/m0/s1. The lowest BCUT2D eigenvalue weighted by Gasteiger charge is -2.68. The van der Waals surface area contributed by atoms with Gasteiger partial charge in [0.1, 0.15) is 41.7 Å². The number of rotatable bonds is 10. The van der Waals surface area contributed by atoms with Gasteiger partial charge in [-0.3, -0.25) is 9.69 Å². The third-order valence-corrected chi connectivity index (χ3v) is 13.7. The van der Waals surface area contributed by atoms with E-state index in [9.17, 15) is 38.2 Å². The van der Waals surface area contributed by atoms with Crippen molar-refractivity contribution in [1.82, 2.24) is 10.2 Å². The van der Waals surface area contributed by atoms with Gasteiger partial charge in [0.15, 0.2) is 18.0 Å². The normalized spacial score (nSPS) is 36.7. The molecule has 3 saturated heterocycles. The van der Waals surface area contributed by atoms with Crippen LogP contribution < -0.4 is 5.32 Å². The monoisotopic (exact) mass is 848 g/mol. The molecule has 2 saturated carbocycles. The van der Waals surface area contributed by atoms with Gasteiger partial charge in [-0.1, -0.05) is 39.0 Å². The minimum absolute atomic E-state index is 0.0746. The number of ether oxygens (including phenoxy) is 7. The van der Waals surface area contributed by atoms with E-state index >= 15 is 0 Å². The number of nitrogens with one attached hydrogen (secondary N) is 1. The molecule has 15 nitrogen and oxygen atoms in total. The summed E-state index contributed by atoms with van der Waals surface area (Å²) in [6.07, 6.45) is -11.8. The zero-order valence-corrected chi connectivity index (χ0v) is 35.4. The van der Waals surface area contributed by atoms with E-state index in [2.05, 4.69) is 4.90 Å². The number of likely N-dealkylation sites (tertiary alicyclic amines) is 1. The average molecular weight is 849 g/mol. The molecule has 3 aliphatic carbocycles. The number of aliphatic hydroxyl groups excluding tert-OH is 1. The Labute approximate surface area is 348 Å². The van der Waals surface area contributed by atoms with E-state index in [1.165, 1.54) is 27.7 Å². The highest BCUT2D eigenvalue weighted by atomic mass is 19.3. The zero-order valence-electron chi connectivity index (χ0n) is 35.4. The molecule has 12 atom stereocenters. The van der Waals surface area contributed by atoms with E-state index in [0.717, 1.165) is 19.5 Å². The van der Waals surface area contributed by atoms with E-state index in [4.69, 9.17) is 33.2 Å². The summed E-state index contributed by atoms with van der Waals surface area (Å²) in [6, 6.07) is 5.77. The molecule has 7 rings (SSSR count). The first-order valence-corrected chi connectivity index (χ1v) is 20.7. The molecule has 0 radical (unpaired) electrons. The second kappa shape index (κ2) is 15.9. The topological polar surface area (TPSA) is 189 Å². The molecule has 3 heterocycles. The maximum absolute atomic E-state index is 14.4. The van der Waals surface area contributed by atoms with Crippen molar-refractivity contribution < 1.29 is 71.3 Å². The van der Waals surface area contributed by atoms with E-state index in [1.807, 2.05) is 12.2 Å². The first kappa shape index (κ1) is 44.3. The van der Waals surface area contributed by atoms with Crippen molar-refractivity contribution in [3.63, 3.8) is 0 Å². The molecule has 3 N–H and O–H groups in total. The highest BCUT2D eigenvalue weighted by Crippen LogP contribution is 2.66. The highest BCUT2D eigenvalue weighted by molar-refractivity contribution is 5.89. The molecular weight excluding hydrogens is 790 g/mol. The third-order valence-electron chi connectivity index (χ3n) is 13.7. The molecule has 2 bridgehead atoms. The summed E-state index contributed by atoms with van der Waals surface area (Å²) >= 11 is 0. The smallest absolute Gasteiger partial charge is 0.408 e. The van der Waals surface area contributed by atoms with E-state index in [1.54, 1.807) is 51.1 Å². The molecule has 17 heteroatoms. The van der Waals surface area contributed by atoms with Crippen LogP contribution in [0.1, 0.15) is 91.4 Å². The lowest BCUT2D eigenvalue weighted by atomic mass is 9.45. The second-order valence-electron chi connectivity index (χ2n) is 19.0. The SMILES string of the molecule is CC(=O)O[C@@]12CO[C@@H]1CC[C@@]1(C)[C@@H]3O[C@H](CN4CCC4)O[C@@H]3C3=C(C)[C@@H](OC(=O)[C@H](O)[C@@H](NC(=O)OC(C)(C)C)C(F)F)C[C@@](O)([C@@H](OC(=O)c4ccccc4)[C@@H]12)C3(C)C. The van der Waals surface area contributed by atoms with Crippen LogP contribution >= 0.6 is 0 Å². The number of nitrogens with zero attached hydrogens (tertiary/aromatic N) is 1. The van der Waals surface area contributed by atoms with Crippen LogP contribution in [0, 0.1) is 16.7 Å². The Morgan fingerprint density at radius 3 is 2.30 bits per heavy atom. The largest absolute Gasteiger partial charge is 0.456 e. The van der Waals surface area contributed by atoms with Crippen LogP contribution in [0.5, 0.6) is 0 Å². The van der Waals surface area contributed by atoms with Crippen LogP contribution in [0.4, 0.5) is 13.6 Å². The van der Waals surface area contributed by atoms with Crippen molar-refractivity contribution in [3.05, 3.63) is 47.0 Å². The Morgan fingerprint density at radius 1 is 1.05 bits per heavy atom. The van der Waals surface area contributed by atoms with Crippen molar-refractivity contribution in [2.24, 2.45) is 16.7 Å². The van der Waals surface area contributed by atoms with Crippen molar-refractivity contribution >= 4 is 24.0 Å². The Hall–Kier alpha value is -3.74. The number of alkyl halides is 2. The quantitative estimate of drug-likeness (QED) is 0.174. The Morgan fingerprint density at radius 2 is 1.73 bits per heavy atom. The van der Waals surface area contributed by atoms with Crippen LogP contribution in [-0.2, 0) is 42.7 Å². The summed E-state index contributed by atoms with van der Waals surface area (Å²) < 4.78 is 72.5. The maximum Gasteiger partial charge on any atom is 0.408 e. The van der Waals surface area contributed by atoms with E-state index < -0.39 is 119 Å². The molecule has 1 amide bonds. The van der Waals surface area contributed by atoms with Gasteiger partial charge >= 0.3 is 24.0 Å². The predicted molar refractivity (Wildman–Crippen MR) is 206 cm³/mol. The number of hydrogen-bond donors (Lipinski definition) is 3. The molecule has 0 spiro atoms. The van der Waals surface area contributed by atoms with Crippen LogP contribution in [0.25, 0.3) is 0 Å². The van der Waals surface area contributed by atoms with Gasteiger partial charge in [-0.05, 0) is 83.3 Å². The Kier molecular flexibility index (Phi) is 11.7. The summed E-state index contributed by atoms with van der Waals surface area (Å²) in [5, 5.41) is 26.7. The fraction of sp³-hybridized carbons (Fsp3) is 0.721. The predicted octanol–water partition coefficient (Wildman–Crippen LogP) is 4.07. The fourth-order valence-corrected chi connectivity index (χ4v) is 10.6. The van der Waals surface area contributed by atoms with Gasteiger partial charge in [0.25, 0.3) is 6.43 Å². The lowest BCUT2D eigenvalue weighted by molar-refractivity contribution is -0.345. The number of amides is 1. The zero-order chi connectivity index (χ0) is 43.7. The van der Waals surface area contributed by atoms with Crippen molar-refractivity contribution in [1.29, 1.82) is 0 Å². The first-order chi connectivity index (χ1) is 28.0. The van der Waals surface area contributed by atoms with Gasteiger partial charge < -0.3 is 48.7 Å². The molecule has 3 aliphatic heterocycles. The number of carbonyl (C=O) groups is 4. The number of hydrogen-bond acceptors (Lipinski definition) is 14. The van der Waals surface area contributed by atoms with Crippen LogP contribution in [0.2, 0.25) is 0 Å². The number of esters is 3. The summed E-state index contributed by atoms with van der Waals surface area (Å²) in [4.78, 5) is 55.9. The molecular formula is C43H58F2N2O13. The van der Waals surface area contributed by atoms with Crippen molar-refractivity contribution in [2.75, 3.05) is 26.2 Å². The number of alkyl carbamates (subject to hydrolysis) is 1. The minimum atomic E-state index is -3.42. The van der Waals surface area contributed by atoms with E-state index in [-0.39, 0.29) is 12.2 Å². The van der Waals surface area contributed by atoms with Crippen molar-refractivity contribution in [2.45, 2.75) is 153 Å². The van der Waals surface area contributed by atoms with E-state index in [0.29, 0.717) is 30.5 Å². The molecule has 0 aromatic heterocycles. The molecule has 1 aromatic rings.